The molecule has 0 saturated heterocycles. The van der Waals surface area contributed by atoms with E-state index in [2.05, 4.69) is 15.9 Å². The molecule has 0 aliphatic rings. The van der Waals surface area contributed by atoms with Gasteiger partial charge in [-0.1, -0.05) is 0 Å². The molecule has 0 bridgehead atoms. The Morgan fingerprint density at radius 1 is 1.69 bits per heavy atom. The van der Waals surface area contributed by atoms with Crippen LogP contribution in [-0.4, -0.2) is 22.0 Å². The zero-order valence-corrected chi connectivity index (χ0v) is 8.00. The van der Waals surface area contributed by atoms with E-state index >= 15 is 0 Å². The van der Waals surface area contributed by atoms with Crippen molar-refractivity contribution >= 4 is 28.2 Å². The van der Waals surface area contributed by atoms with Crippen LogP contribution < -0.4 is 5.49 Å². The van der Waals surface area contributed by atoms with Gasteiger partial charge in [0.05, 0.1) is 16.4 Å². The smallest absolute Gasteiger partial charge is 0.337 e. The largest absolute Gasteiger partial charge is 0.478 e. The van der Waals surface area contributed by atoms with E-state index in [1.165, 1.54) is 12.3 Å². The molecule has 1 heterocycles. The van der Waals surface area contributed by atoms with Crippen LogP contribution in [0, 0.1) is 10.8 Å². The van der Waals surface area contributed by atoms with Crippen molar-refractivity contribution in [1.82, 2.24) is 4.57 Å². The van der Waals surface area contributed by atoms with Crippen LogP contribution in [0.15, 0.2) is 16.7 Å². The van der Waals surface area contributed by atoms with Crippen LogP contribution in [0.1, 0.15) is 10.4 Å². The number of hydrogen-bond acceptors (Lipinski definition) is 3. The predicted octanol–water partition coefficient (Wildman–Crippen LogP) is 0.883. The first-order valence-corrected chi connectivity index (χ1v) is 4.05. The number of pyridine rings is 1. The van der Waals surface area contributed by atoms with Gasteiger partial charge in [-0.3, -0.25) is 15.4 Å². The highest BCUT2D eigenvalue weighted by molar-refractivity contribution is 9.10. The normalized spacial score (nSPS) is 9.62. The fourth-order valence-corrected chi connectivity index (χ4v) is 1.25. The van der Waals surface area contributed by atoms with Gasteiger partial charge in [0.1, 0.15) is 5.49 Å². The molecule has 0 aliphatic heterocycles. The maximum atomic E-state index is 10.6. The minimum atomic E-state index is -1.09. The van der Waals surface area contributed by atoms with E-state index in [-0.39, 0.29) is 11.1 Å². The molecular formula is C7H6BrN3O2. The van der Waals surface area contributed by atoms with Crippen molar-refractivity contribution in [3.8, 4) is 0 Å². The molecule has 5 nitrogen and oxygen atoms in total. The molecule has 0 aliphatic carbocycles. The third kappa shape index (κ3) is 1.83. The highest BCUT2D eigenvalue weighted by Crippen LogP contribution is 2.05. The number of nitrogens with one attached hydrogen (secondary N) is 2. The van der Waals surface area contributed by atoms with Gasteiger partial charge in [0.2, 0.25) is 0 Å². The number of rotatable bonds is 2. The van der Waals surface area contributed by atoms with Crippen LogP contribution in [0.5, 0.6) is 0 Å². The van der Waals surface area contributed by atoms with E-state index in [0.29, 0.717) is 4.47 Å². The number of carboxylic acids is 1. The van der Waals surface area contributed by atoms with Crippen LogP contribution in [-0.2, 0) is 0 Å². The van der Waals surface area contributed by atoms with E-state index in [0.717, 1.165) is 10.9 Å². The molecule has 0 radical (unpaired) electrons. The number of aromatic carboxylic acids is 1. The number of aromatic nitrogens is 1. The van der Waals surface area contributed by atoms with Gasteiger partial charge in [-0.2, -0.15) is 0 Å². The Morgan fingerprint density at radius 2 is 2.31 bits per heavy atom. The number of carbonyl (C=O) groups is 1. The topological polar surface area (TPSA) is 89.9 Å². The third-order valence-corrected chi connectivity index (χ3v) is 2.04. The zero-order valence-electron chi connectivity index (χ0n) is 6.41. The first kappa shape index (κ1) is 9.66. The molecule has 13 heavy (non-hydrogen) atoms. The minimum Gasteiger partial charge on any atom is -0.478 e. The molecular weight excluding hydrogens is 238 g/mol. The van der Waals surface area contributed by atoms with Gasteiger partial charge in [0.15, 0.2) is 0 Å². The van der Waals surface area contributed by atoms with Crippen molar-refractivity contribution in [3.05, 3.63) is 27.8 Å². The van der Waals surface area contributed by atoms with Crippen molar-refractivity contribution in [1.29, 1.82) is 10.8 Å². The quantitative estimate of drug-likeness (QED) is 0.532. The highest BCUT2D eigenvalue weighted by atomic mass is 79.9. The lowest BCUT2D eigenvalue weighted by Gasteiger charge is -2.02. The first-order chi connectivity index (χ1) is 6.06. The maximum absolute atomic E-state index is 10.6. The standard InChI is InChI=1S/C7H6BrN3O2/c8-5-1-4(7(12)13)2-11(3-9)6(5)10/h1-3,9-10H,(H,12,13). The van der Waals surface area contributed by atoms with Gasteiger partial charge in [0.25, 0.3) is 0 Å². The summed E-state index contributed by atoms with van der Waals surface area (Å²) in [4.78, 5) is 10.6. The Labute approximate surface area is 81.8 Å². The van der Waals surface area contributed by atoms with E-state index in [4.69, 9.17) is 15.9 Å². The molecule has 3 N–H and O–H groups in total. The van der Waals surface area contributed by atoms with Gasteiger partial charge in [0, 0.05) is 6.20 Å². The molecule has 6 heteroatoms. The van der Waals surface area contributed by atoms with Crippen molar-refractivity contribution < 1.29 is 9.90 Å². The van der Waals surface area contributed by atoms with E-state index in [1.54, 1.807) is 0 Å². The second kappa shape index (κ2) is 3.53. The summed E-state index contributed by atoms with van der Waals surface area (Å²) in [6, 6.07) is 1.32. The Balaban J connectivity index is 3.47. The lowest BCUT2D eigenvalue weighted by molar-refractivity contribution is 0.0696. The first-order valence-electron chi connectivity index (χ1n) is 3.26. The molecule has 0 saturated carbocycles. The zero-order chi connectivity index (χ0) is 10.0. The summed E-state index contributed by atoms with van der Waals surface area (Å²) in [6.45, 7) is 0. The van der Waals surface area contributed by atoms with Crippen molar-refractivity contribution in [2.24, 2.45) is 0 Å². The fourth-order valence-electron chi connectivity index (χ4n) is 0.799. The molecule has 0 fully saturated rings. The molecule has 0 amide bonds. The Morgan fingerprint density at radius 3 is 2.77 bits per heavy atom. The molecule has 0 aromatic carbocycles. The Kier molecular flexibility index (Phi) is 2.62. The minimum absolute atomic E-state index is 0.0337. The SMILES string of the molecule is N=Cn1cc(C(=O)O)cc(Br)c1=N. The van der Waals surface area contributed by atoms with Gasteiger partial charge in [-0.05, 0) is 22.0 Å². The van der Waals surface area contributed by atoms with Crippen LogP contribution >= 0.6 is 15.9 Å². The van der Waals surface area contributed by atoms with Crippen molar-refractivity contribution in [3.63, 3.8) is 0 Å². The molecule has 1 rings (SSSR count). The molecule has 0 unspecified atom stereocenters. The average Bonchev–Trinajstić information content (AvgIpc) is 2.09. The molecule has 0 atom stereocenters. The van der Waals surface area contributed by atoms with Crippen LogP contribution in [0.2, 0.25) is 0 Å². The summed E-state index contributed by atoms with van der Waals surface area (Å²) in [5, 5.41) is 23.0. The highest BCUT2D eigenvalue weighted by Gasteiger charge is 2.06. The predicted molar refractivity (Wildman–Crippen MR) is 49.1 cm³/mol. The summed E-state index contributed by atoms with van der Waals surface area (Å²) < 4.78 is 1.45. The lowest BCUT2D eigenvalue weighted by atomic mass is 10.3. The van der Waals surface area contributed by atoms with Crippen LogP contribution in [0.4, 0.5) is 0 Å². The van der Waals surface area contributed by atoms with Crippen LogP contribution in [0.25, 0.3) is 0 Å². The summed E-state index contributed by atoms with van der Waals surface area (Å²) in [7, 11) is 0. The second-order valence-electron chi connectivity index (χ2n) is 2.27. The maximum Gasteiger partial charge on any atom is 0.337 e. The third-order valence-electron chi connectivity index (χ3n) is 1.43. The Bertz CT molecular complexity index is 424. The van der Waals surface area contributed by atoms with Gasteiger partial charge in [-0.15, -0.1) is 0 Å². The second-order valence-corrected chi connectivity index (χ2v) is 3.12. The monoisotopic (exact) mass is 243 g/mol. The summed E-state index contributed by atoms with van der Waals surface area (Å²) in [5.41, 5.74) is 0.0753. The molecule has 1 aromatic heterocycles. The fraction of sp³-hybridized carbons (Fsp3) is 0. The van der Waals surface area contributed by atoms with E-state index < -0.39 is 5.97 Å². The van der Waals surface area contributed by atoms with Gasteiger partial charge < -0.3 is 5.11 Å². The van der Waals surface area contributed by atoms with E-state index in [9.17, 15) is 4.79 Å². The summed E-state index contributed by atoms with van der Waals surface area (Å²) in [5.74, 6) is -1.09. The lowest BCUT2D eigenvalue weighted by Crippen LogP contribution is -2.21. The van der Waals surface area contributed by atoms with Crippen LogP contribution in [0.3, 0.4) is 0 Å². The van der Waals surface area contributed by atoms with Gasteiger partial charge in [-0.25, -0.2) is 4.79 Å². The molecule has 0 spiro atoms. The van der Waals surface area contributed by atoms with Gasteiger partial charge >= 0.3 is 5.97 Å². The number of halogens is 1. The Hall–Kier alpha value is -1.43. The number of hydrogen-bond donors (Lipinski definition) is 3. The molecule has 1 aromatic rings. The molecule has 68 valence electrons. The summed E-state index contributed by atoms with van der Waals surface area (Å²) >= 11 is 3.03. The summed E-state index contributed by atoms with van der Waals surface area (Å²) in [6.07, 6.45) is 2.09. The number of nitrogens with zero attached hydrogens (tertiary/aromatic N) is 1. The van der Waals surface area contributed by atoms with Crippen molar-refractivity contribution in [2.45, 2.75) is 0 Å². The van der Waals surface area contributed by atoms with Crippen molar-refractivity contribution in [2.75, 3.05) is 0 Å². The van der Waals surface area contributed by atoms with E-state index in [1.807, 2.05) is 0 Å². The number of carboxylic acid groups (broad SMARTS) is 1. The average molecular weight is 244 g/mol.